The third-order valence-electron chi connectivity index (χ3n) is 3.90. The lowest BCUT2D eigenvalue weighted by molar-refractivity contribution is -0.00550. The number of carbonyl (C=O) groups excluding carboxylic acids is 1. The second-order valence-corrected chi connectivity index (χ2v) is 5.82. The van der Waals surface area contributed by atoms with Crippen LogP contribution >= 0.6 is 0 Å². The Morgan fingerprint density at radius 3 is 2.64 bits per heavy atom. The Kier molecular flexibility index (Phi) is 3.70. The van der Waals surface area contributed by atoms with Crippen molar-refractivity contribution in [2.75, 3.05) is 18.0 Å². The zero-order chi connectivity index (χ0) is 15.9. The van der Waals surface area contributed by atoms with E-state index in [4.69, 9.17) is 4.74 Å². The second-order valence-electron chi connectivity index (χ2n) is 5.82. The van der Waals surface area contributed by atoms with Crippen molar-refractivity contribution in [2.45, 2.75) is 33.0 Å². The minimum Gasteiger partial charge on any atom is -0.372 e. The molecule has 3 rings (SSSR count). The zero-order valence-electron chi connectivity index (χ0n) is 12.9. The molecule has 1 aliphatic heterocycles. The van der Waals surface area contributed by atoms with Crippen molar-refractivity contribution in [2.24, 2.45) is 0 Å². The van der Waals surface area contributed by atoms with Gasteiger partial charge in [-0.25, -0.2) is 4.98 Å². The number of ether oxygens (including phenoxy) is 1. The Hall–Kier alpha value is -2.21. The Labute approximate surface area is 128 Å². The molecule has 3 heterocycles. The third kappa shape index (κ3) is 2.39. The monoisotopic (exact) mass is 301 g/mol. The smallest absolute Gasteiger partial charge is 0.270 e. The number of aryl methyl sites for hydroxylation is 1. The maximum Gasteiger partial charge on any atom is 0.270 e. The molecule has 116 valence electrons. The molecule has 2 atom stereocenters. The molecule has 0 unspecified atom stereocenters. The summed E-state index contributed by atoms with van der Waals surface area (Å²) >= 11 is 0. The van der Waals surface area contributed by atoms with E-state index in [0.717, 1.165) is 5.56 Å². The van der Waals surface area contributed by atoms with Gasteiger partial charge in [0.25, 0.3) is 5.56 Å². The van der Waals surface area contributed by atoms with Gasteiger partial charge in [-0.1, -0.05) is 6.07 Å². The second kappa shape index (κ2) is 5.53. The van der Waals surface area contributed by atoms with Gasteiger partial charge in [0.2, 0.25) is 0 Å². The molecule has 6 nitrogen and oxygen atoms in total. The fourth-order valence-electron chi connectivity index (χ4n) is 3.00. The van der Waals surface area contributed by atoms with Crippen LogP contribution in [0.4, 0.5) is 5.82 Å². The van der Waals surface area contributed by atoms with E-state index in [0.29, 0.717) is 30.8 Å². The number of fused-ring (bicyclic) bond motifs is 1. The van der Waals surface area contributed by atoms with Gasteiger partial charge >= 0.3 is 0 Å². The molecule has 0 saturated carbocycles. The van der Waals surface area contributed by atoms with Crippen molar-refractivity contribution in [3.8, 4) is 0 Å². The molecule has 0 radical (unpaired) electrons. The fraction of sp³-hybridized carbons (Fsp3) is 0.438. The number of carbonyl (C=O) groups is 1. The van der Waals surface area contributed by atoms with Crippen LogP contribution in [0, 0.1) is 6.92 Å². The summed E-state index contributed by atoms with van der Waals surface area (Å²) in [6.07, 6.45) is 2.30. The van der Waals surface area contributed by atoms with Gasteiger partial charge in [0.05, 0.1) is 12.2 Å². The average Bonchev–Trinajstić information content (AvgIpc) is 2.47. The fourth-order valence-corrected chi connectivity index (χ4v) is 3.00. The number of morpholine rings is 1. The molecule has 0 aromatic carbocycles. The van der Waals surface area contributed by atoms with E-state index in [1.54, 1.807) is 12.3 Å². The predicted octanol–water partition coefficient (Wildman–Crippen LogP) is 1.43. The van der Waals surface area contributed by atoms with Crippen LogP contribution in [0.5, 0.6) is 0 Å². The Morgan fingerprint density at radius 1 is 1.32 bits per heavy atom. The van der Waals surface area contributed by atoms with E-state index in [2.05, 4.69) is 4.98 Å². The number of hydrogen-bond acceptors (Lipinski definition) is 5. The van der Waals surface area contributed by atoms with E-state index in [-0.39, 0.29) is 23.3 Å². The number of aromatic nitrogens is 2. The molecule has 0 amide bonds. The average molecular weight is 301 g/mol. The lowest BCUT2D eigenvalue weighted by Crippen LogP contribution is -2.47. The van der Waals surface area contributed by atoms with Gasteiger partial charge in [0.15, 0.2) is 6.29 Å². The summed E-state index contributed by atoms with van der Waals surface area (Å²) in [5.41, 5.74) is 1.25. The summed E-state index contributed by atoms with van der Waals surface area (Å²) in [5.74, 6) is 0.455. The van der Waals surface area contributed by atoms with Gasteiger partial charge in [-0.15, -0.1) is 0 Å². The summed E-state index contributed by atoms with van der Waals surface area (Å²) in [6.45, 7) is 7.07. The molecule has 0 spiro atoms. The first kappa shape index (κ1) is 14.7. The Balaban J connectivity index is 2.22. The van der Waals surface area contributed by atoms with Crippen molar-refractivity contribution in [3.05, 3.63) is 39.8 Å². The molecule has 1 fully saturated rings. The van der Waals surface area contributed by atoms with E-state index in [1.165, 1.54) is 4.40 Å². The summed E-state index contributed by atoms with van der Waals surface area (Å²) < 4.78 is 7.14. The van der Waals surface area contributed by atoms with Gasteiger partial charge in [-0.2, -0.15) is 0 Å². The molecule has 0 bridgehead atoms. The Morgan fingerprint density at radius 2 is 2.00 bits per heavy atom. The van der Waals surface area contributed by atoms with Crippen LogP contribution < -0.4 is 10.5 Å². The summed E-state index contributed by atoms with van der Waals surface area (Å²) in [7, 11) is 0. The molecule has 0 N–H and O–H groups in total. The number of aldehydes is 1. The highest BCUT2D eigenvalue weighted by Gasteiger charge is 2.26. The largest absolute Gasteiger partial charge is 0.372 e. The van der Waals surface area contributed by atoms with Crippen molar-refractivity contribution in [1.82, 2.24) is 9.38 Å². The molecule has 0 aliphatic carbocycles. The summed E-state index contributed by atoms with van der Waals surface area (Å²) in [6, 6.07) is 3.68. The van der Waals surface area contributed by atoms with Crippen LogP contribution in [0.25, 0.3) is 5.65 Å². The molecule has 2 aromatic heterocycles. The summed E-state index contributed by atoms with van der Waals surface area (Å²) in [5, 5.41) is 0. The molecule has 2 aromatic rings. The number of pyridine rings is 1. The molecule has 22 heavy (non-hydrogen) atoms. The zero-order valence-corrected chi connectivity index (χ0v) is 12.9. The number of nitrogens with zero attached hydrogens (tertiary/aromatic N) is 3. The highest BCUT2D eigenvalue weighted by molar-refractivity contribution is 5.83. The van der Waals surface area contributed by atoms with E-state index in [1.807, 2.05) is 31.7 Å². The number of anilines is 1. The lowest BCUT2D eigenvalue weighted by atomic mass is 10.2. The first-order valence-corrected chi connectivity index (χ1v) is 7.39. The van der Waals surface area contributed by atoms with Crippen LogP contribution in [-0.2, 0) is 4.74 Å². The highest BCUT2D eigenvalue weighted by atomic mass is 16.5. The quantitative estimate of drug-likeness (QED) is 0.785. The van der Waals surface area contributed by atoms with Crippen molar-refractivity contribution >= 4 is 17.8 Å². The van der Waals surface area contributed by atoms with Crippen LogP contribution in [0.3, 0.4) is 0 Å². The van der Waals surface area contributed by atoms with Gasteiger partial charge in [-0.3, -0.25) is 14.0 Å². The first-order chi connectivity index (χ1) is 10.5. The molecule has 6 heteroatoms. The van der Waals surface area contributed by atoms with E-state index in [9.17, 15) is 9.59 Å². The minimum atomic E-state index is -0.328. The summed E-state index contributed by atoms with van der Waals surface area (Å²) in [4.78, 5) is 30.6. The van der Waals surface area contributed by atoms with Crippen molar-refractivity contribution in [3.63, 3.8) is 0 Å². The molecular weight excluding hydrogens is 282 g/mol. The maximum absolute atomic E-state index is 12.6. The third-order valence-corrected chi connectivity index (χ3v) is 3.90. The predicted molar refractivity (Wildman–Crippen MR) is 83.8 cm³/mol. The van der Waals surface area contributed by atoms with Gasteiger partial charge in [-0.05, 0) is 32.4 Å². The minimum absolute atomic E-state index is 0.0281. The standard InChI is InChI=1S/C16H19N3O3/c1-10-5-4-6-19-14(10)17-15(13(9-20)16(19)21)18-7-11(2)22-12(3)8-18/h4-6,9,11-12H,7-8H2,1-3H3/t11-,12-/m0/s1. The lowest BCUT2D eigenvalue weighted by Gasteiger charge is -2.36. The van der Waals surface area contributed by atoms with Gasteiger partial charge in [0.1, 0.15) is 17.0 Å². The topological polar surface area (TPSA) is 63.9 Å². The van der Waals surface area contributed by atoms with Crippen LogP contribution in [0.15, 0.2) is 23.1 Å². The number of hydrogen-bond donors (Lipinski definition) is 0. The first-order valence-electron chi connectivity index (χ1n) is 7.39. The van der Waals surface area contributed by atoms with Crippen LogP contribution in [-0.4, -0.2) is 41.0 Å². The normalized spacial score (nSPS) is 22.0. The van der Waals surface area contributed by atoms with Gasteiger partial charge in [0, 0.05) is 19.3 Å². The van der Waals surface area contributed by atoms with Crippen LogP contribution in [0.2, 0.25) is 0 Å². The van der Waals surface area contributed by atoms with Crippen molar-refractivity contribution in [1.29, 1.82) is 0 Å². The van der Waals surface area contributed by atoms with E-state index >= 15 is 0 Å². The van der Waals surface area contributed by atoms with Crippen molar-refractivity contribution < 1.29 is 9.53 Å². The molecule has 1 aliphatic rings. The Bertz CT molecular complexity index is 774. The number of rotatable bonds is 2. The highest BCUT2D eigenvalue weighted by Crippen LogP contribution is 2.21. The molecular formula is C16H19N3O3. The molecule has 1 saturated heterocycles. The van der Waals surface area contributed by atoms with Crippen LogP contribution in [0.1, 0.15) is 29.8 Å². The SMILES string of the molecule is Cc1cccn2c(=O)c(C=O)c(N3C[C@H](C)O[C@@H](C)C3)nc12. The van der Waals surface area contributed by atoms with Gasteiger partial charge < -0.3 is 9.64 Å². The maximum atomic E-state index is 12.6. The van der Waals surface area contributed by atoms with E-state index < -0.39 is 0 Å².